The van der Waals surface area contributed by atoms with Gasteiger partial charge in [-0.3, -0.25) is 0 Å². The minimum Gasteiger partial charge on any atom is -0.339 e. The maximum absolute atomic E-state index is 10.8. The first-order chi connectivity index (χ1) is 6.25. The molecule has 0 bridgehead atoms. The van der Waals surface area contributed by atoms with E-state index in [4.69, 9.17) is 0 Å². The summed E-state index contributed by atoms with van der Waals surface area (Å²) in [5.41, 5.74) is 0.515. The van der Waals surface area contributed by atoms with Crippen molar-refractivity contribution in [1.29, 1.82) is 0 Å². The van der Waals surface area contributed by atoms with Gasteiger partial charge in [0.15, 0.2) is 0 Å². The van der Waals surface area contributed by atoms with Crippen LogP contribution in [-0.4, -0.2) is 36.7 Å². The number of aromatic nitrogens is 1. The molecule has 0 aliphatic carbocycles. The zero-order chi connectivity index (χ0) is 9.26. The summed E-state index contributed by atoms with van der Waals surface area (Å²) in [7, 11) is 2.06. The normalized spacial score (nSPS) is 24.8. The van der Waals surface area contributed by atoms with Gasteiger partial charge >= 0.3 is 5.63 Å². The summed E-state index contributed by atoms with van der Waals surface area (Å²) in [5, 5.41) is 5.93. The number of nitrogens with one attached hydrogen (secondary N) is 2. The molecule has 1 aliphatic heterocycles. The molecule has 72 valence electrons. The fourth-order valence-corrected chi connectivity index (χ4v) is 1.57. The van der Waals surface area contributed by atoms with Gasteiger partial charge in [0, 0.05) is 25.7 Å². The van der Waals surface area contributed by atoms with E-state index < -0.39 is 0 Å². The Kier molecular flexibility index (Phi) is 2.20. The quantitative estimate of drug-likeness (QED) is 0.618. The van der Waals surface area contributed by atoms with Crippen LogP contribution in [0.25, 0.3) is 0 Å². The minimum absolute atomic E-state index is 0.185. The number of hydrogen-bond acceptors (Lipinski definition) is 4. The van der Waals surface area contributed by atoms with E-state index in [-0.39, 0.29) is 11.7 Å². The Morgan fingerprint density at radius 1 is 1.69 bits per heavy atom. The molecule has 1 atom stereocenters. The number of rotatable bonds is 1. The number of H-pyrrole nitrogens is 1. The molecule has 2 rings (SSSR count). The summed E-state index contributed by atoms with van der Waals surface area (Å²) < 4.78 is 4.61. The molecule has 1 aromatic rings. The van der Waals surface area contributed by atoms with Crippen molar-refractivity contribution in [2.24, 2.45) is 0 Å². The molecule has 1 saturated heterocycles. The van der Waals surface area contributed by atoms with Gasteiger partial charge in [-0.2, -0.15) is 0 Å². The van der Waals surface area contributed by atoms with Gasteiger partial charge in [-0.1, -0.05) is 0 Å². The molecule has 1 unspecified atom stereocenters. The average Bonchev–Trinajstić information content (AvgIpc) is 2.52. The van der Waals surface area contributed by atoms with Gasteiger partial charge in [-0.15, -0.1) is 0 Å². The Morgan fingerprint density at radius 2 is 2.54 bits per heavy atom. The molecule has 0 spiro atoms. The van der Waals surface area contributed by atoms with E-state index in [0.717, 1.165) is 25.3 Å². The Morgan fingerprint density at radius 3 is 3.15 bits per heavy atom. The van der Waals surface area contributed by atoms with E-state index in [1.165, 1.54) is 6.07 Å². The third kappa shape index (κ3) is 1.81. The highest BCUT2D eigenvalue weighted by Gasteiger charge is 2.19. The summed E-state index contributed by atoms with van der Waals surface area (Å²) in [6.07, 6.45) is 0. The van der Waals surface area contributed by atoms with Gasteiger partial charge in [-0.25, -0.2) is 9.95 Å². The molecule has 2 N–H and O–H groups in total. The van der Waals surface area contributed by atoms with Crippen LogP contribution in [-0.2, 0) is 0 Å². The molecular weight excluding hydrogens is 170 g/mol. The summed E-state index contributed by atoms with van der Waals surface area (Å²) in [4.78, 5) is 13.0. The molecule has 2 heterocycles. The summed E-state index contributed by atoms with van der Waals surface area (Å²) in [5.74, 6) is 0. The predicted molar refractivity (Wildman–Crippen MR) is 47.6 cm³/mol. The second-order valence-electron chi connectivity index (χ2n) is 3.39. The van der Waals surface area contributed by atoms with Crippen molar-refractivity contribution in [1.82, 2.24) is 15.4 Å². The maximum Gasteiger partial charge on any atom is 0.357 e. The third-order valence-electron chi connectivity index (χ3n) is 2.30. The lowest BCUT2D eigenvalue weighted by Crippen LogP contribution is -2.43. The van der Waals surface area contributed by atoms with Crippen LogP contribution in [0.4, 0.5) is 0 Å². The molecule has 0 saturated carbocycles. The SMILES string of the molecule is CN1CCNC(c2cc(=O)o[nH]2)C1. The van der Waals surface area contributed by atoms with E-state index >= 15 is 0 Å². The molecule has 1 aromatic heterocycles. The summed E-state index contributed by atoms with van der Waals surface area (Å²) in [6, 6.07) is 1.68. The molecule has 5 heteroatoms. The Hall–Kier alpha value is -1.07. The van der Waals surface area contributed by atoms with E-state index in [2.05, 4.69) is 26.9 Å². The first kappa shape index (κ1) is 8.52. The van der Waals surface area contributed by atoms with Gasteiger partial charge in [0.05, 0.1) is 11.7 Å². The number of hydrogen-bond donors (Lipinski definition) is 2. The first-order valence-corrected chi connectivity index (χ1v) is 4.36. The van der Waals surface area contributed by atoms with Crippen LogP contribution in [0.5, 0.6) is 0 Å². The predicted octanol–water partition coefficient (Wildman–Crippen LogP) is -0.456. The van der Waals surface area contributed by atoms with Crippen molar-refractivity contribution in [3.63, 3.8) is 0 Å². The van der Waals surface area contributed by atoms with Gasteiger partial charge < -0.3 is 14.7 Å². The van der Waals surface area contributed by atoms with E-state index in [1.807, 2.05) is 0 Å². The van der Waals surface area contributed by atoms with Gasteiger partial charge in [0.25, 0.3) is 0 Å². The largest absolute Gasteiger partial charge is 0.357 e. The van der Waals surface area contributed by atoms with Crippen molar-refractivity contribution in [3.8, 4) is 0 Å². The zero-order valence-corrected chi connectivity index (χ0v) is 7.54. The van der Waals surface area contributed by atoms with Crippen LogP contribution >= 0.6 is 0 Å². The third-order valence-corrected chi connectivity index (χ3v) is 2.30. The van der Waals surface area contributed by atoms with Crippen molar-refractivity contribution in [2.45, 2.75) is 6.04 Å². The lowest BCUT2D eigenvalue weighted by Gasteiger charge is -2.29. The molecular formula is C8H13N3O2. The minimum atomic E-state index is -0.315. The van der Waals surface area contributed by atoms with Gasteiger partial charge in [0.2, 0.25) is 0 Å². The molecule has 0 aromatic carbocycles. The molecule has 1 aliphatic rings. The Bertz CT molecular complexity index is 330. The van der Waals surface area contributed by atoms with Crippen LogP contribution < -0.4 is 10.9 Å². The second-order valence-corrected chi connectivity index (χ2v) is 3.39. The lowest BCUT2D eigenvalue weighted by atomic mass is 10.1. The highest BCUT2D eigenvalue weighted by Crippen LogP contribution is 2.12. The van der Waals surface area contributed by atoms with Crippen LogP contribution in [0.1, 0.15) is 11.7 Å². The number of piperazine rings is 1. The Labute approximate surface area is 75.7 Å². The Balaban J connectivity index is 2.12. The zero-order valence-electron chi connectivity index (χ0n) is 7.54. The fourth-order valence-electron chi connectivity index (χ4n) is 1.57. The van der Waals surface area contributed by atoms with Gasteiger partial charge in [0.1, 0.15) is 0 Å². The van der Waals surface area contributed by atoms with Crippen molar-refractivity contribution >= 4 is 0 Å². The monoisotopic (exact) mass is 183 g/mol. The van der Waals surface area contributed by atoms with E-state index in [9.17, 15) is 4.79 Å². The molecule has 1 fully saturated rings. The van der Waals surface area contributed by atoms with E-state index in [0.29, 0.717) is 0 Å². The smallest absolute Gasteiger partial charge is 0.339 e. The number of aromatic amines is 1. The lowest BCUT2D eigenvalue weighted by molar-refractivity contribution is 0.233. The number of nitrogens with zero attached hydrogens (tertiary/aromatic N) is 1. The summed E-state index contributed by atoms with van der Waals surface area (Å²) in [6.45, 7) is 2.88. The molecule has 0 radical (unpaired) electrons. The molecule has 0 amide bonds. The maximum atomic E-state index is 10.8. The average molecular weight is 183 g/mol. The number of likely N-dealkylation sites (N-methyl/N-ethyl adjacent to an activating group) is 1. The standard InChI is InChI=1S/C8H13N3O2/c1-11-3-2-9-7(5-11)6-4-8(12)13-10-6/h4,7,9-10H,2-3,5H2,1H3. The summed E-state index contributed by atoms with van der Waals surface area (Å²) >= 11 is 0. The van der Waals surface area contributed by atoms with Crippen LogP contribution in [0, 0.1) is 0 Å². The van der Waals surface area contributed by atoms with Crippen molar-refractivity contribution in [2.75, 3.05) is 26.7 Å². The fraction of sp³-hybridized carbons (Fsp3) is 0.625. The first-order valence-electron chi connectivity index (χ1n) is 4.36. The second kappa shape index (κ2) is 3.35. The highest BCUT2D eigenvalue weighted by atomic mass is 16.5. The van der Waals surface area contributed by atoms with Crippen LogP contribution in [0.15, 0.2) is 15.4 Å². The van der Waals surface area contributed by atoms with Crippen LogP contribution in [0.3, 0.4) is 0 Å². The molecule has 13 heavy (non-hydrogen) atoms. The van der Waals surface area contributed by atoms with Gasteiger partial charge in [-0.05, 0) is 7.05 Å². The molecule has 5 nitrogen and oxygen atoms in total. The van der Waals surface area contributed by atoms with Crippen molar-refractivity contribution < 1.29 is 4.52 Å². The highest BCUT2D eigenvalue weighted by molar-refractivity contribution is 5.05. The topological polar surface area (TPSA) is 61.3 Å². The van der Waals surface area contributed by atoms with Crippen LogP contribution in [0.2, 0.25) is 0 Å². The van der Waals surface area contributed by atoms with Crippen molar-refractivity contribution in [3.05, 3.63) is 22.2 Å². The van der Waals surface area contributed by atoms with E-state index in [1.54, 1.807) is 0 Å².